The van der Waals surface area contributed by atoms with Crippen molar-refractivity contribution in [2.45, 2.75) is 25.9 Å². The molecule has 0 unspecified atom stereocenters. The maximum Gasteiger partial charge on any atom is 0.416 e. The maximum atomic E-state index is 12.9. The highest BCUT2D eigenvalue weighted by Crippen LogP contribution is 2.34. The first-order valence-corrected chi connectivity index (χ1v) is 6.16. The fraction of sp³-hybridized carbons (Fsp3) is 0.308. The first-order chi connectivity index (χ1) is 8.82. The highest BCUT2D eigenvalue weighted by atomic mass is 35.5. The minimum Gasteiger partial charge on any atom is -0.238 e. The summed E-state index contributed by atoms with van der Waals surface area (Å²) in [5.41, 5.74) is 1.27. The quantitative estimate of drug-likeness (QED) is 0.756. The van der Waals surface area contributed by atoms with Crippen LogP contribution in [0.1, 0.15) is 22.5 Å². The predicted molar refractivity (Wildman–Crippen MR) is 67.6 cm³/mol. The maximum absolute atomic E-state index is 12.9. The van der Waals surface area contributed by atoms with Crippen LogP contribution in [0.5, 0.6) is 0 Å². The molecule has 6 heteroatoms. The summed E-state index contributed by atoms with van der Waals surface area (Å²) in [6, 6.07) is 5.87. The van der Waals surface area contributed by atoms with E-state index in [1.54, 1.807) is 19.9 Å². The normalized spacial score (nSPS) is 11.9. The summed E-state index contributed by atoms with van der Waals surface area (Å²) in [7, 11) is 0. The van der Waals surface area contributed by atoms with Crippen molar-refractivity contribution in [1.82, 2.24) is 9.78 Å². The van der Waals surface area contributed by atoms with Crippen molar-refractivity contribution in [3.8, 4) is 5.69 Å². The van der Waals surface area contributed by atoms with Gasteiger partial charge in [0.15, 0.2) is 0 Å². The lowest BCUT2D eigenvalue weighted by molar-refractivity contribution is -0.138. The first kappa shape index (κ1) is 13.9. The molecule has 1 aromatic heterocycles. The number of rotatable bonds is 2. The lowest BCUT2D eigenvalue weighted by Crippen LogP contribution is -2.10. The Morgan fingerprint density at radius 1 is 1.21 bits per heavy atom. The van der Waals surface area contributed by atoms with Crippen molar-refractivity contribution in [2.75, 3.05) is 0 Å². The summed E-state index contributed by atoms with van der Waals surface area (Å²) in [6.45, 7) is 3.59. The average molecular weight is 289 g/mol. The molecule has 19 heavy (non-hydrogen) atoms. The molecule has 102 valence electrons. The van der Waals surface area contributed by atoms with Crippen LogP contribution in [0.4, 0.5) is 13.2 Å². The van der Waals surface area contributed by atoms with Crippen LogP contribution < -0.4 is 0 Å². The number of benzene rings is 1. The molecule has 2 rings (SSSR count). The van der Waals surface area contributed by atoms with E-state index in [2.05, 4.69) is 5.10 Å². The zero-order chi connectivity index (χ0) is 14.2. The van der Waals surface area contributed by atoms with E-state index < -0.39 is 11.7 Å². The van der Waals surface area contributed by atoms with Crippen molar-refractivity contribution in [2.24, 2.45) is 0 Å². The van der Waals surface area contributed by atoms with Crippen molar-refractivity contribution in [3.05, 3.63) is 46.8 Å². The van der Waals surface area contributed by atoms with Crippen molar-refractivity contribution >= 4 is 11.6 Å². The van der Waals surface area contributed by atoms with Crippen LogP contribution in [-0.2, 0) is 12.1 Å². The van der Waals surface area contributed by atoms with E-state index in [1.165, 1.54) is 10.7 Å². The molecule has 1 aromatic carbocycles. The smallest absolute Gasteiger partial charge is 0.238 e. The molecule has 0 saturated heterocycles. The van der Waals surface area contributed by atoms with Gasteiger partial charge < -0.3 is 0 Å². The lowest BCUT2D eigenvalue weighted by atomic mass is 10.1. The average Bonchev–Trinajstić information content (AvgIpc) is 2.66. The van der Waals surface area contributed by atoms with Crippen LogP contribution in [0.25, 0.3) is 5.69 Å². The van der Waals surface area contributed by atoms with Gasteiger partial charge in [0.2, 0.25) is 0 Å². The minimum absolute atomic E-state index is 0.0689. The molecule has 0 amide bonds. The Bertz CT molecular complexity index is 602. The summed E-state index contributed by atoms with van der Waals surface area (Å²) < 4.78 is 40.3. The summed E-state index contributed by atoms with van der Waals surface area (Å²) in [5, 5.41) is 4.18. The molecular formula is C13H12ClF3N2. The van der Waals surface area contributed by atoms with Gasteiger partial charge in [-0.25, -0.2) is 4.68 Å². The summed E-state index contributed by atoms with van der Waals surface area (Å²) in [4.78, 5) is 0. The third kappa shape index (κ3) is 2.76. The van der Waals surface area contributed by atoms with Gasteiger partial charge in [0, 0.05) is 11.6 Å². The second-order valence-electron chi connectivity index (χ2n) is 4.31. The third-order valence-corrected chi connectivity index (χ3v) is 3.08. The molecule has 0 aliphatic carbocycles. The molecule has 0 atom stereocenters. The van der Waals surface area contributed by atoms with E-state index >= 15 is 0 Å². The minimum atomic E-state index is -4.42. The number of nitrogens with zero attached hydrogens (tertiary/aromatic N) is 2. The molecule has 0 N–H and O–H groups in total. The second-order valence-corrected chi connectivity index (χ2v) is 4.58. The Balaban J connectivity index is 2.58. The Labute approximate surface area is 113 Å². The third-order valence-electron chi connectivity index (χ3n) is 2.80. The molecule has 0 saturated carbocycles. The van der Waals surface area contributed by atoms with E-state index in [0.717, 1.165) is 17.5 Å². The Morgan fingerprint density at radius 2 is 1.89 bits per heavy atom. The van der Waals surface area contributed by atoms with Gasteiger partial charge in [0.25, 0.3) is 0 Å². The van der Waals surface area contributed by atoms with Crippen LogP contribution in [-0.4, -0.2) is 9.78 Å². The molecular weight excluding hydrogens is 277 g/mol. The molecule has 0 spiro atoms. The van der Waals surface area contributed by atoms with E-state index in [0.29, 0.717) is 5.69 Å². The standard InChI is InChI=1S/C13H12ClF3N2/c1-8-5-9(2)19(18-8)11-4-3-10(7-14)12(6-11)13(15,16)17/h3-6H,7H2,1-2H3. The van der Waals surface area contributed by atoms with Crippen LogP contribution in [0.3, 0.4) is 0 Å². The Kier molecular flexibility index (Phi) is 3.58. The Morgan fingerprint density at radius 3 is 2.37 bits per heavy atom. The fourth-order valence-electron chi connectivity index (χ4n) is 1.97. The van der Waals surface area contributed by atoms with Gasteiger partial charge in [-0.05, 0) is 37.6 Å². The van der Waals surface area contributed by atoms with Crippen LogP contribution in [0.15, 0.2) is 24.3 Å². The number of hydrogen-bond donors (Lipinski definition) is 0. The van der Waals surface area contributed by atoms with Gasteiger partial charge in [-0.3, -0.25) is 0 Å². The molecule has 0 fully saturated rings. The zero-order valence-electron chi connectivity index (χ0n) is 10.4. The zero-order valence-corrected chi connectivity index (χ0v) is 11.2. The molecule has 2 nitrogen and oxygen atoms in total. The number of aryl methyl sites for hydroxylation is 2. The van der Waals surface area contributed by atoms with Crippen molar-refractivity contribution in [1.29, 1.82) is 0 Å². The van der Waals surface area contributed by atoms with Gasteiger partial charge in [-0.15, -0.1) is 11.6 Å². The predicted octanol–water partition coefficient (Wildman–Crippen LogP) is 4.25. The van der Waals surface area contributed by atoms with Crippen molar-refractivity contribution < 1.29 is 13.2 Å². The summed E-state index contributed by atoms with van der Waals surface area (Å²) >= 11 is 5.55. The van der Waals surface area contributed by atoms with Gasteiger partial charge in [-0.1, -0.05) is 6.07 Å². The molecule has 0 bridgehead atoms. The van der Waals surface area contributed by atoms with E-state index in [1.807, 2.05) is 6.07 Å². The fourth-order valence-corrected chi connectivity index (χ4v) is 2.20. The monoisotopic (exact) mass is 288 g/mol. The van der Waals surface area contributed by atoms with E-state index in [9.17, 15) is 13.2 Å². The largest absolute Gasteiger partial charge is 0.416 e. The second kappa shape index (κ2) is 4.89. The Hall–Kier alpha value is -1.49. The summed E-state index contributed by atoms with van der Waals surface area (Å²) in [6.07, 6.45) is -4.42. The number of hydrogen-bond acceptors (Lipinski definition) is 1. The SMILES string of the molecule is Cc1cc(C)n(-c2ccc(CCl)c(C(F)(F)F)c2)n1. The molecule has 0 aliphatic heterocycles. The van der Waals surface area contributed by atoms with Gasteiger partial charge in [-0.2, -0.15) is 18.3 Å². The van der Waals surface area contributed by atoms with Crippen molar-refractivity contribution in [3.63, 3.8) is 0 Å². The van der Waals surface area contributed by atoms with E-state index in [-0.39, 0.29) is 11.4 Å². The topological polar surface area (TPSA) is 17.8 Å². The number of alkyl halides is 4. The summed E-state index contributed by atoms with van der Waals surface area (Å²) in [5.74, 6) is -0.174. The molecule has 1 heterocycles. The number of aromatic nitrogens is 2. The van der Waals surface area contributed by atoms with Gasteiger partial charge in [0.1, 0.15) is 0 Å². The molecule has 0 aliphatic rings. The lowest BCUT2D eigenvalue weighted by Gasteiger charge is -2.13. The van der Waals surface area contributed by atoms with Crippen LogP contribution in [0.2, 0.25) is 0 Å². The van der Waals surface area contributed by atoms with Crippen LogP contribution in [0, 0.1) is 13.8 Å². The number of halogens is 4. The first-order valence-electron chi connectivity index (χ1n) is 5.62. The molecule has 2 aromatic rings. The van der Waals surface area contributed by atoms with Crippen LogP contribution >= 0.6 is 11.6 Å². The van der Waals surface area contributed by atoms with Gasteiger partial charge >= 0.3 is 6.18 Å². The van der Waals surface area contributed by atoms with E-state index in [4.69, 9.17) is 11.6 Å². The van der Waals surface area contributed by atoms with Gasteiger partial charge in [0.05, 0.1) is 16.9 Å². The highest BCUT2D eigenvalue weighted by molar-refractivity contribution is 6.17. The molecule has 0 radical (unpaired) electrons. The highest BCUT2D eigenvalue weighted by Gasteiger charge is 2.33.